The van der Waals surface area contributed by atoms with Crippen molar-refractivity contribution in [2.75, 3.05) is 0 Å². The lowest BCUT2D eigenvalue weighted by Gasteiger charge is -2.22. The Hall–Kier alpha value is -1.62. The van der Waals surface area contributed by atoms with Gasteiger partial charge in [-0.15, -0.1) is 0 Å². The van der Waals surface area contributed by atoms with Crippen LogP contribution < -0.4 is 5.32 Å². The monoisotopic (exact) mass is 337 g/mol. The zero-order chi connectivity index (χ0) is 14.1. The predicted molar refractivity (Wildman–Crippen MR) is 76.0 cm³/mol. The van der Waals surface area contributed by atoms with E-state index in [-0.39, 0.29) is 11.6 Å². The number of hydrogen-bond donors (Lipinski definition) is 1. The molecule has 1 N–H and O–H groups in total. The first-order valence-electron chi connectivity index (χ1n) is 6.47. The van der Waals surface area contributed by atoms with Crippen LogP contribution in [0.25, 0.3) is 0 Å². The summed E-state index contributed by atoms with van der Waals surface area (Å²) in [5.74, 6) is -0.00743. The van der Waals surface area contributed by atoms with E-state index < -0.39 is 11.7 Å². The molecule has 1 unspecified atom stereocenters. The predicted octanol–water partition coefficient (Wildman–Crippen LogP) is 3.99. The molecule has 20 heavy (non-hydrogen) atoms. The number of rotatable bonds is 2. The minimum absolute atomic E-state index is 0.0591. The highest BCUT2D eigenvalue weighted by Gasteiger charge is 2.25. The lowest BCUT2D eigenvalue weighted by molar-refractivity contribution is 0.0928. The minimum atomic E-state index is -0.528. The number of amides is 1. The third kappa shape index (κ3) is 2.50. The van der Waals surface area contributed by atoms with Crippen LogP contribution in [0.1, 0.15) is 40.6 Å². The molecule has 0 spiro atoms. The summed E-state index contributed by atoms with van der Waals surface area (Å²) in [7, 11) is 0. The van der Waals surface area contributed by atoms with Gasteiger partial charge in [0.05, 0.1) is 17.9 Å². The number of furan rings is 1. The molecule has 1 aliphatic rings. The van der Waals surface area contributed by atoms with Crippen molar-refractivity contribution in [1.82, 2.24) is 5.32 Å². The molecule has 1 aromatic heterocycles. The van der Waals surface area contributed by atoms with Crippen LogP contribution in [-0.2, 0) is 6.42 Å². The van der Waals surface area contributed by atoms with E-state index >= 15 is 0 Å². The van der Waals surface area contributed by atoms with E-state index in [2.05, 4.69) is 21.2 Å². The van der Waals surface area contributed by atoms with Gasteiger partial charge in [-0.3, -0.25) is 4.79 Å². The van der Waals surface area contributed by atoms with Gasteiger partial charge in [-0.2, -0.15) is 0 Å². The maximum atomic E-state index is 13.8. The number of halogens is 2. The fraction of sp³-hybridized carbons (Fsp3) is 0.267. The van der Waals surface area contributed by atoms with Crippen molar-refractivity contribution in [2.45, 2.75) is 25.3 Å². The molecule has 0 fully saturated rings. The Labute approximate surface area is 124 Å². The van der Waals surface area contributed by atoms with Crippen LogP contribution in [-0.4, -0.2) is 5.91 Å². The molecule has 5 heteroatoms. The summed E-state index contributed by atoms with van der Waals surface area (Å²) in [6.45, 7) is 0. The van der Waals surface area contributed by atoms with Crippen molar-refractivity contribution in [3.8, 4) is 0 Å². The topological polar surface area (TPSA) is 42.2 Å². The van der Waals surface area contributed by atoms with E-state index in [9.17, 15) is 9.18 Å². The number of aryl methyl sites for hydroxylation is 1. The van der Waals surface area contributed by atoms with E-state index in [1.165, 1.54) is 12.1 Å². The lowest BCUT2D eigenvalue weighted by atomic mass is 9.93. The van der Waals surface area contributed by atoms with Crippen molar-refractivity contribution in [3.63, 3.8) is 0 Å². The van der Waals surface area contributed by atoms with Crippen LogP contribution in [0, 0.1) is 5.82 Å². The molecule has 3 nitrogen and oxygen atoms in total. The second-order valence-corrected chi connectivity index (χ2v) is 5.76. The Kier molecular flexibility index (Phi) is 3.61. The Morgan fingerprint density at radius 2 is 2.25 bits per heavy atom. The van der Waals surface area contributed by atoms with Gasteiger partial charge >= 0.3 is 0 Å². The molecule has 1 amide bonds. The summed E-state index contributed by atoms with van der Waals surface area (Å²) in [5.41, 5.74) is 1.06. The molecule has 104 valence electrons. The highest BCUT2D eigenvalue weighted by molar-refractivity contribution is 9.10. The number of carbonyl (C=O) groups is 1. The maximum Gasteiger partial charge on any atom is 0.254 e. The number of hydrogen-bond acceptors (Lipinski definition) is 2. The molecule has 0 saturated carbocycles. The van der Waals surface area contributed by atoms with Crippen LogP contribution in [0.15, 0.2) is 39.4 Å². The van der Waals surface area contributed by atoms with Gasteiger partial charge in [-0.1, -0.05) is 15.9 Å². The molecule has 1 atom stereocenters. The standard InChI is InChI=1S/C15H13BrFNO2/c16-9-4-5-10(12(17)8-9)15(19)18-13-2-1-3-14-11(13)6-7-20-14/h4-8,13H,1-3H2,(H,18,19). The Morgan fingerprint density at radius 1 is 1.40 bits per heavy atom. The number of fused-ring (bicyclic) bond motifs is 1. The van der Waals surface area contributed by atoms with Crippen molar-refractivity contribution >= 4 is 21.8 Å². The van der Waals surface area contributed by atoms with Gasteiger partial charge in [-0.05, 0) is 37.1 Å². The van der Waals surface area contributed by atoms with E-state index in [1.54, 1.807) is 12.3 Å². The van der Waals surface area contributed by atoms with E-state index in [0.29, 0.717) is 4.47 Å². The normalized spacial score (nSPS) is 17.6. The zero-order valence-electron chi connectivity index (χ0n) is 10.7. The van der Waals surface area contributed by atoms with Crippen molar-refractivity contribution < 1.29 is 13.6 Å². The Bertz CT molecular complexity index is 653. The summed E-state index contributed by atoms with van der Waals surface area (Å²) in [6.07, 6.45) is 4.32. The van der Waals surface area contributed by atoms with Crippen molar-refractivity contribution in [3.05, 3.63) is 57.7 Å². The molecule has 3 rings (SSSR count). The maximum absolute atomic E-state index is 13.8. The number of nitrogens with one attached hydrogen (secondary N) is 1. The average Bonchev–Trinajstić information content (AvgIpc) is 2.87. The Morgan fingerprint density at radius 3 is 3.05 bits per heavy atom. The first kappa shape index (κ1) is 13.4. The minimum Gasteiger partial charge on any atom is -0.469 e. The largest absolute Gasteiger partial charge is 0.469 e. The fourth-order valence-electron chi connectivity index (χ4n) is 2.55. The summed E-state index contributed by atoms with van der Waals surface area (Å²) in [5, 5.41) is 2.88. The Balaban J connectivity index is 1.81. The molecule has 2 aromatic rings. The van der Waals surface area contributed by atoms with E-state index in [0.717, 1.165) is 30.6 Å². The second kappa shape index (κ2) is 5.40. The molecular formula is C15H13BrFNO2. The smallest absolute Gasteiger partial charge is 0.254 e. The fourth-order valence-corrected chi connectivity index (χ4v) is 2.88. The molecule has 0 radical (unpaired) electrons. The van der Waals surface area contributed by atoms with Gasteiger partial charge in [0.15, 0.2) is 0 Å². The highest BCUT2D eigenvalue weighted by atomic mass is 79.9. The summed E-state index contributed by atoms with van der Waals surface area (Å²) < 4.78 is 19.8. The summed E-state index contributed by atoms with van der Waals surface area (Å²) in [4.78, 5) is 12.2. The van der Waals surface area contributed by atoms with Gasteiger partial charge < -0.3 is 9.73 Å². The van der Waals surface area contributed by atoms with Crippen molar-refractivity contribution in [1.29, 1.82) is 0 Å². The summed E-state index contributed by atoms with van der Waals surface area (Å²) >= 11 is 3.18. The first-order chi connectivity index (χ1) is 9.65. The lowest BCUT2D eigenvalue weighted by Crippen LogP contribution is -2.31. The molecule has 0 saturated heterocycles. The van der Waals surface area contributed by atoms with Gasteiger partial charge in [0.25, 0.3) is 5.91 Å². The van der Waals surface area contributed by atoms with Crippen LogP contribution in [0.2, 0.25) is 0 Å². The van der Waals surface area contributed by atoms with Crippen LogP contribution in [0.3, 0.4) is 0 Å². The quantitative estimate of drug-likeness (QED) is 0.900. The summed E-state index contributed by atoms with van der Waals surface area (Å²) in [6, 6.07) is 6.19. The van der Waals surface area contributed by atoms with Gasteiger partial charge in [0, 0.05) is 16.5 Å². The van der Waals surface area contributed by atoms with Gasteiger partial charge in [0.1, 0.15) is 11.6 Å². The van der Waals surface area contributed by atoms with E-state index in [1.807, 2.05) is 6.07 Å². The SMILES string of the molecule is O=C(NC1CCCc2occc21)c1ccc(Br)cc1F. The molecular weight excluding hydrogens is 325 g/mol. The second-order valence-electron chi connectivity index (χ2n) is 4.84. The first-order valence-corrected chi connectivity index (χ1v) is 7.26. The third-order valence-electron chi connectivity index (χ3n) is 3.53. The van der Waals surface area contributed by atoms with Gasteiger partial charge in [0.2, 0.25) is 0 Å². The van der Waals surface area contributed by atoms with Gasteiger partial charge in [-0.25, -0.2) is 4.39 Å². The zero-order valence-corrected chi connectivity index (χ0v) is 12.2. The van der Waals surface area contributed by atoms with Crippen LogP contribution in [0.5, 0.6) is 0 Å². The molecule has 1 aliphatic carbocycles. The highest BCUT2D eigenvalue weighted by Crippen LogP contribution is 2.30. The van der Waals surface area contributed by atoms with Crippen LogP contribution >= 0.6 is 15.9 Å². The molecule has 1 aromatic carbocycles. The third-order valence-corrected chi connectivity index (χ3v) is 4.03. The van der Waals surface area contributed by atoms with E-state index in [4.69, 9.17) is 4.42 Å². The van der Waals surface area contributed by atoms with Crippen LogP contribution in [0.4, 0.5) is 4.39 Å². The number of benzene rings is 1. The average molecular weight is 338 g/mol. The molecule has 1 heterocycles. The number of carbonyl (C=O) groups excluding carboxylic acids is 1. The van der Waals surface area contributed by atoms with Crippen molar-refractivity contribution in [2.24, 2.45) is 0 Å². The molecule has 0 bridgehead atoms. The molecule has 0 aliphatic heterocycles.